The van der Waals surface area contributed by atoms with E-state index >= 15 is 0 Å². The Morgan fingerprint density at radius 2 is 1.89 bits per heavy atom. The molecule has 7 heteroatoms. The Labute approximate surface area is 176 Å². The van der Waals surface area contributed by atoms with Crippen molar-refractivity contribution in [3.05, 3.63) is 60.2 Å². The summed E-state index contributed by atoms with van der Waals surface area (Å²) in [5.41, 5.74) is 1.30. The van der Waals surface area contributed by atoms with Gasteiger partial charge in [0.15, 0.2) is 0 Å². The zero-order valence-corrected chi connectivity index (χ0v) is 18.4. The van der Waals surface area contributed by atoms with Crippen molar-refractivity contribution < 1.29 is 14.3 Å². The third kappa shape index (κ3) is 5.37. The fourth-order valence-electron chi connectivity index (χ4n) is 3.26. The Morgan fingerprint density at radius 1 is 1.15 bits per heavy atom. The first-order valence-electron chi connectivity index (χ1n) is 8.76. The Bertz CT molecular complexity index is 762. The number of benzene rings is 2. The minimum atomic E-state index is -0.225. The summed E-state index contributed by atoms with van der Waals surface area (Å²) in [6, 6.07) is 18.1. The van der Waals surface area contributed by atoms with Crippen LogP contribution >= 0.6 is 30.3 Å². The van der Waals surface area contributed by atoms with Crippen LogP contribution in [0.15, 0.2) is 54.6 Å². The molecular weight excluding hydrogens is 475 g/mol. The first-order valence-corrected chi connectivity index (χ1v) is 12.1. The Balaban J connectivity index is 1.63. The van der Waals surface area contributed by atoms with E-state index in [1.807, 2.05) is 18.2 Å². The summed E-state index contributed by atoms with van der Waals surface area (Å²) < 4.78 is 13.0. The van der Waals surface area contributed by atoms with E-state index in [4.69, 9.17) is 9.47 Å². The van der Waals surface area contributed by atoms with Gasteiger partial charge in [-0.05, 0) is 33.9 Å². The summed E-state index contributed by atoms with van der Waals surface area (Å²) >= 11 is 2.32. The molecule has 0 spiro atoms. The van der Waals surface area contributed by atoms with Crippen LogP contribution in [-0.2, 0) is 4.79 Å². The molecule has 0 amide bonds. The fraction of sp³-hybridized carbons (Fsp3) is 0.350. The van der Waals surface area contributed by atoms with E-state index in [9.17, 15) is 4.79 Å². The number of halogens is 1. The number of likely N-dealkylation sites (N-methyl/N-ethyl adjacent to an activating group) is 1. The Hall–Kier alpha value is -1.29. The molecule has 5 nitrogen and oxygen atoms in total. The molecule has 3 rings (SSSR count). The molecule has 0 aromatic heterocycles. The van der Waals surface area contributed by atoms with E-state index in [1.165, 1.54) is 5.56 Å². The third-order valence-corrected chi connectivity index (χ3v) is 6.87. The van der Waals surface area contributed by atoms with E-state index in [0.717, 1.165) is 13.1 Å². The van der Waals surface area contributed by atoms with Gasteiger partial charge in [-0.3, -0.25) is 9.69 Å². The van der Waals surface area contributed by atoms with Crippen LogP contribution in [0.5, 0.6) is 11.5 Å². The second kappa shape index (κ2) is 9.77. The second-order valence-electron chi connectivity index (χ2n) is 6.55. The van der Waals surface area contributed by atoms with Gasteiger partial charge in [0.2, 0.25) is 0 Å². The average Bonchev–Trinajstić information content (AvgIpc) is 2.70. The molecule has 1 heterocycles. The van der Waals surface area contributed by atoms with Crippen molar-refractivity contribution in [3.8, 4) is 11.5 Å². The number of rotatable bonds is 6. The summed E-state index contributed by atoms with van der Waals surface area (Å²) in [6.07, 6.45) is 0.350. The van der Waals surface area contributed by atoms with Crippen molar-refractivity contribution in [1.82, 2.24) is 9.21 Å². The number of piperazine rings is 1. The summed E-state index contributed by atoms with van der Waals surface area (Å²) in [7, 11) is 5.37. The van der Waals surface area contributed by atoms with E-state index in [0.29, 0.717) is 24.0 Å². The molecule has 1 aliphatic heterocycles. The van der Waals surface area contributed by atoms with Crippen molar-refractivity contribution in [2.75, 3.05) is 27.2 Å². The number of carbonyl (C=O) groups is 1. The second-order valence-corrected chi connectivity index (χ2v) is 8.33. The molecule has 0 bridgehead atoms. The molecule has 27 heavy (non-hydrogen) atoms. The van der Waals surface area contributed by atoms with Crippen LogP contribution in [0.2, 0.25) is 0 Å². The molecule has 0 radical (unpaired) electrons. The first kappa shape index (κ1) is 20.4. The standard InChI is InChI=1S/C20H23IN2O3S/c1-22-14-19(15-7-4-3-5-8-15)23(27-21)13-16(22)11-20(24)26-18-10-6-9-17(12-18)25-2/h3-10,12,16,19H,11,13-14H2,1-2H3/t16-,19+/m0/s1. The van der Waals surface area contributed by atoms with E-state index in [-0.39, 0.29) is 12.0 Å². The highest BCUT2D eigenvalue weighted by atomic mass is 127. The molecule has 1 saturated heterocycles. The van der Waals surface area contributed by atoms with Gasteiger partial charge in [0.25, 0.3) is 0 Å². The van der Waals surface area contributed by atoms with Crippen LogP contribution in [0, 0.1) is 0 Å². The van der Waals surface area contributed by atoms with Gasteiger partial charge in [0, 0.05) is 46.4 Å². The van der Waals surface area contributed by atoms with Crippen molar-refractivity contribution in [1.29, 1.82) is 0 Å². The van der Waals surface area contributed by atoms with Gasteiger partial charge < -0.3 is 9.47 Å². The monoisotopic (exact) mass is 498 g/mol. The van der Waals surface area contributed by atoms with Crippen LogP contribution in [0.4, 0.5) is 0 Å². The fourth-order valence-corrected chi connectivity index (χ4v) is 5.08. The largest absolute Gasteiger partial charge is 0.497 e. The average molecular weight is 498 g/mol. The highest BCUT2D eigenvalue weighted by molar-refractivity contribution is 14.2. The highest BCUT2D eigenvalue weighted by Gasteiger charge is 2.34. The normalized spacial score (nSPS) is 21.0. The molecule has 2 atom stereocenters. The Morgan fingerprint density at radius 3 is 2.59 bits per heavy atom. The lowest BCUT2D eigenvalue weighted by molar-refractivity contribution is -0.136. The number of methoxy groups -OCH3 is 1. The van der Waals surface area contributed by atoms with E-state index in [1.54, 1.807) is 28.4 Å². The van der Waals surface area contributed by atoms with Gasteiger partial charge >= 0.3 is 5.97 Å². The zero-order valence-electron chi connectivity index (χ0n) is 15.4. The predicted octanol–water partition coefficient (Wildman–Crippen LogP) is 4.35. The molecule has 2 aromatic carbocycles. The summed E-state index contributed by atoms with van der Waals surface area (Å²) in [4.78, 5) is 14.7. The van der Waals surface area contributed by atoms with E-state index < -0.39 is 0 Å². The van der Waals surface area contributed by atoms with Crippen molar-refractivity contribution >= 4 is 36.3 Å². The summed E-state index contributed by atoms with van der Waals surface area (Å²) in [6.45, 7) is 1.67. The maximum Gasteiger partial charge on any atom is 0.312 e. The first-order chi connectivity index (χ1) is 13.1. The smallest absolute Gasteiger partial charge is 0.312 e. The lowest BCUT2D eigenvalue weighted by atomic mass is 10.0. The predicted molar refractivity (Wildman–Crippen MR) is 117 cm³/mol. The molecule has 144 valence electrons. The molecular formula is C20H23IN2O3S. The van der Waals surface area contributed by atoms with Crippen molar-refractivity contribution in [2.45, 2.75) is 18.5 Å². The van der Waals surface area contributed by atoms with Crippen molar-refractivity contribution in [2.24, 2.45) is 0 Å². The number of esters is 1. The maximum atomic E-state index is 12.5. The number of carbonyl (C=O) groups excluding carboxylic acids is 1. The van der Waals surface area contributed by atoms with Crippen LogP contribution in [0.25, 0.3) is 0 Å². The van der Waals surface area contributed by atoms with Crippen LogP contribution in [0.1, 0.15) is 18.0 Å². The number of hydrogen-bond donors (Lipinski definition) is 0. The van der Waals surface area contributed by atoms with Gasteiger partial charge in [0.05, 0.1) is 19.6 Å². The Kier molecular flexibility index (Phi) is 7.40. The highest BCUT2D eigenvalue weighted by Crippen LogP contribution is 2.36. The quantitative estimate of drug-likeness (QED) is 0.256. The number of ether oxygens (including phenoxy) is 2. The molecule has 0 unspecified atom stereocenters. The summed E-state index contributed by atoms with van der Waals surface area (Å²) in [5.74, 6) is 0.963. The number of hydrogen-bond acceptors (Lipinski definition) is 6. The molecule has 2 aromatic rings. The molecule has 0 N–H and O–H groups in total. The molecule has 1 fully saturated rings. The van der Waals surface area contributed by atoms with Gasteiger partial charge in [-0.15, -0.1) is 0 Å². The number of nitrogens with zero attached hydrogens (tertiary/aromatic N) is 2. The van der Waals surface area contributed by atoms with Crippen LogP contribution < -0.4 is 9.47 Å². The maximum absolute atomic E-state index is 12.5. The lowest BCUT2D eigenvalue weighted by Crippen LogP contribution is -2.51. The topological polar surface area (TPSA) is 42.0 Å². The summed E-state index contributed by atoms with van der Waals surface area (Å²) in [5, 5.41) is 0. The SMILES string of the molecule is COc1cccc(OC(=O)C[C@H]2CN(SI)[C@@H](c3ccccc3)CN2C)c1. The molecule has 0 saturated carbocycles. The lowest BCUT2D eigenvalue weighted by Gasteiger charge is -2.43. The molecule has 1 aliphatic rings. The van der Waals surface area contributed by atoms with Gasteiger partial charge in [-0.1, -0.05) is 36.4 Å². The van der Waals surface area contributed by atoms with E-state index in [2.05, 4.69) is 61.7 Å². The minimum Gasteiger partial charge on any atom is -0.497 e. The van der Waals surface area contributed by atoms with Crippen LogP contribution in [0.3, 0.4) is 0 Å². The van der Waals surface area contributed by atoms with Crippen molar-refractivity contribution in [3.63, 3.8) is 0 Å². The third-order valence-electron chi connectivity index (χ3n) is 4.77. The van der Waals surface area contributed by atoms with Gasteiger partial charge in [-0.25, -0.2) is 4.31 Å². The van der Waals surface area contributed by atoms with Crippen LogP contribution in [-0.4, -0.2) is 48.5 Å². The minimum absolute atomic E-state index is 0.116. The van der Waals surface area contributed by atoms with Gasteiger partial charge in [0.1, 0.15) is 11.5 Å². The van der Waals surface area contributed by atoms with Gasteiger partial charge in [-0.2, -0.15) is 0 Å². The molecule has 0 aliphatic carbocycles. The zero-order chi connectivity index (χ0) is 19.2.